The van der Waals surface area contributed by atoms with Crippen molar-refractivity contribution < 1.29 is 13.2 Å². The van der Waals surface area contributed by atoms with Crippen LogP contribution in [-0.4, -0.2) is 38.9 Å². The van der Waals surface area contributed by atoms with E-state index in [0.29, 0.717) is 6.42 Å². The van der Waals surface area contributed by atoms with Gasteiger partial charge in [-0.05, 0) is 43.5 Å². The molecular weight excluding hydrogens is 324 g/mol. The third-order valence-corrected chi connectivity index (χ3v) is 7.02. The summed E-state index contributed by atoms with van der Waals surface area (Å²) in [6.07, 6.45) is 6.19. The van der Waals surface area contributed by atoms with Crippen molar-refractivity contribution in [1.82, 2.24) is 0 Å². The van der Waals surface area contributed by atoms with E-state index in [2.05, 4.69) is 5.32 Å². The number of anilines is 2. The molecule has 1 aromatic carbocycles. The Morgan fingerprint density at radius 2 is 1.75 bits per heavy atom. The molecule has 1 aliphatic carbocycles. The molecule has 1 unspecified atom stereocenters. The Morgan fingerprint density at radius 3 is 2.33 bits per heavy atom. The fourth-order valence-corrected chi connectivity index (χ4v) is 5.46. The van der Waals surface area contributed by atoms with Crippen molar-refractivity contribution in [2.75, 3.05) is 28.8 Å². The van der Waals surface area contributed by atoms with Gasteiger partial charge in [-0.2, -0.15) is 0 Å². The number of nitrogens with one attached hydrogen (secondary N) is 1. The summed E-state index contributed by atoms with van der Waals surface area (Å²) in [6.45, 7) is 0. The lowest BCUT2D eigenvalue weighted by Gasteiger charge is -2.26. The predicted molar refractivity (Wildman–Crippen MR) is 97.1 cm³/mol. The number of benzene rings is 1. The van der Waals surface area contributed by atoms with Crippen LogP contribution in [0.25, 0.3) is 0 Å². The van der Waals surface area contributed by atoms with Gasteiger partial charge in [-0.15, -0.1) is 0 Å². The molecule has 0 bridgehead atoms. The molecule has 0 radical (unpaired) electrons. The number of hydrogen-bond acceptors (Lipinski definition) is 4. The van der Waals surface area contributed by atoms with Crippen LogP contribution in [0.4, 0.5) is 11.4 Å². The second-order valence-corrected chi connectivity index (χ2v) is 9.27. The van der Waals surface area contributed by atoms with E-state index in [4.69, 9.17) is 0 Å². The largest absolute Gasteiger partial charge is 0.371 e. The SMILES string of the molecule is CN(c1ccc(NC(=O)C2CCCCC2)cc1)C1CCS(=O)(=O)C1. The quantitative estimate of drug-likeness (QED) is 0.907. The van der Waals surface area contributed by atoms with E-state index in [1.807, 2.05) is 36.2 Å². The molecule has 0 spiro atoms. The van der Waals surface area contributed by atoms with E-state index in [1.165, 1.54) is 6.42 Å². The van der Waals surface area contributed by atoms with Crippen LogP contribution in [0.1, 0.15) is 38.5 Å². The normalized spacial score (nSPS) is 23.8. The van der Waals surface area contributed by atoms with Crippen LogP contribution in [0.3, 0.4) is 0 Å². The molecule has 2 fully saturated rings. The topological polar surface area (TPSA) is 66.5 Å². The van der Waals surface area contributed by atoms with Gasteiger partial charge in [-0.25, -0.2) is 8.42 Å². The molecular formula is C18H26N2O3S. The van der Waals surface area contributed by atoms with E-state index in [1.54, 1.807) is 0 Å². The van der Waals surface area contributed by atoms with E-state index in [-0.39, 0.29) is 29.4 Å². The number of nitrogens with zero attached hydrogens (tertiary/aromatic N) is 1. The second kappa shape index (κ2) is 7.13. The predicted octanol–water partition coefficient (Wildman–Crippen LogP) is 2.83. The monoisotopic (exact) mass is 350 g/mol. The maximum atomic E-state index is 12.3. The highest BCUT2D eigenvalue weighted by atomic mass is 32.2. The highest BCUT2D eigenvalue weighted by Gasteiger charge is 2.30. The van der Waals surface area contributed by atoms with Gasteiger partial charge in [0.15, 0.2) is 9.84 Å². The molecule has 5 nitrogen and oxygen atoms in total. The fourth-order valence-electron chi connectivity index (χ4n) is 3.68. The summed E-state index contributed by atoms with van der Waals surface area (Å²) in [5.74, 6) is 0.767. The molecule has 24 heavy (non-hydrogen) atoms. The Balaban J connectivity index is 1.59. The molecule has 1 saturated carbocycles. The first kappa shape index (κ1) is 17.3. The molecule has 1 saturated heterocycles. The van der Waals surface area contributed by atoms with Gasteiger partial charge in [0.2, 0.25) is 5.91 Å². The highest BCUT2D eigenvalue weighted by Crippen LogP contribution is 2.27. The van der Waals surface area contributed by atoms with Crippen LogP contribution in [-0.2, 0) is 14.6 Å². The molecule has 1 atom stereocenters. The van der Waals surface area contributed by atoms with Gasteiger partial charge in [-0.3, -0.25) is 4.79 Å². The first-order valence-electron chi connectivity index (χ1n) is 8.79. The lowest BCUT2D eigenvalue weighted by molar-refractivity contribution is -0.120. The molecule has 6 heteroatoms. The van der Waals surface area contributed by atoms with Crippen LogP contribution in [0.2, 0.25) is 0 Å². The van der Waals surface area contributed by atoms with Gasteiger partial charge in [0.1, 0.15) is 0 Å². The minimum Gasteiger partial charge on any atom is -0.371 e. The Kier molecular flexibility index (Phi) is 5.13. The Morgan fingerprint density at radius 1 is 1.08 bits per heavy atom. The van der Waals surface area contributed by atoms with Gasteiger partial charge < -0.3 is 10.2 Å². The summed E-state index contributed by atoms with van der Waals surface area (Å²) < 4.78 is 23.3. The summed E-state index contributed by atoms with van der Waals surface area (Å²) in [7, 11) is -0.952. The Hall–Kier alpha value is -1.56. The smallest absolute Gasteiger partial charge is 0.227 e. The maximum Gasteiger partial charge on any atom is 0.227 e. The van der Waals surface area contributed by atoms with Crippen molar-refractivity contribution in [2.24, 2.45) is 5.92 Å². The summed E-state index contributed by atoms with van der Waals surface area (Å²) in [4.78, 5) is 14.3. The van der Waals surface area contributed by atoms with Gasteiger partial charge in [0.05, 0.1) is 11.5 Å². The number of hydrogen-bond donors (Lipinski definition) is 1. The molecule has 1 heterocycles. The Labute approximate surface area is 144 Å². The lowest BCUT2D eigenvalue weighted by Crippen LogP contribution is -2.32. The number of carbonyl (C=O) groups is 1. The summed E-state index contributed by atoms with van der Waals surface area (Å²) in [6, 6.07) is 7.73. The first-order chi connectivity index (χ1) is 11.4. The number of carbonyl (C=O) groups excluding carboxylic acids is 1. The van der Waals surface area contributed by atoms with Crippen LogP contribution >= 0.6 is 0 Å². The molecule has 2 aliphatic rings. The van der Waals surface area contributed by atoms with Crippen LogP contribution in [0.15, 0.2) is 24.3 Å². The van der Waals surface area contributed by atoms with Crippen molar-refractivity contribution in [1.29, 1.82) is 0 Å². The van der Waals surface area contributed by atoms with Crippen LogP contribution in [0.5, 0.6) is 0 Å². The van der Waals surface area contributed by atoms with Crippen molar-refractivity contribution >= 4 is 27.1 Å². The van der Waals surface area contributed by atoms with Gasteiger partial charge in [0.25, 0.3) is 0 Å². The lowest BCUT2D eigenvalue weighted by atomic mass is 9.88. The average Bonchev–Trinajstić information content (AvgIpc) is 2.95. The van der Waals surface area contributed by atoms with Gasteiger partial charge >= 0.3 is 0 Å². The van der Waals surface area contributed by atoms with Crippen molar-refractivity contribution in [3.63, 3.8) is 0 Å². The van der Waals surface area contributed by atoms with E-state index < -0.39 is 9.84 Å². The fraction of sp³-hybridized carbons (Fsp3) is 0.611. The van der Waals surface area contributed by atoms with Gasteiger partial charge in [0, 0.05) is 30.4 Å². The minimum atomic E-state index is -2.88. The van der Waals surface area contributed by atoms with Crippen LogP contribution < -0.4 is 10.2 Å². The maximum absolute atomic E-state index is 12.3. The zero-order chi connectivity index (χ0) is 17.2. The summed E-state index contributed by atoms with van der Waals surface area (Å²) in [5, 5.41) is 3.01. The average molecular weight is 350 g/mol. The molecule has 1 aromatic rings. The highest BCUT2D eigenvalue weighted by molar-refractivity contribution is 7.91. The first-order valence-corrected chi connectivity index (χ1v) is 10.6. The zero-order valence-electron chi connectivity index (χ0n) is 14.2. The minimum absolute atomic E-state index is 0.0395. The van der Waals surface area contributed by atoms with Crippen molar-refractivity contribution in [2.45, 2.75) is 44.6 Å². The van der Waals surface area contributed by atoms with Crippen molar-refractivity contribution in [3.05, 3.63) is 24.3 Å². The third-order valence-electron chi connectivity index (χ3n) is 5.27. The standard InChI is InChI=1S/C18H26N2O3S/c1-20(17-11-12-24(22,23)13-17)16-9-7-15(8-10-16)19-18(21)14-5-3-2-4-6-14/h7-10,14,17H,2-6,11-13H2,1H3,(H,19,21). The van der Waals surface area contributed by atoms with E-state index >= 15 is 0 Å². The molecule has 3 rings (SSSR count). The zero-order valence-corrected chi connectivity index (χ0v) is 15.0. The van der Waals surface area contributed by atoms with Crippen LogP contribution in [0, 0.1) is 5.92 Å². The Bertz CT molecular complexity index is 679. The second-order valence-electron chi connectivity index (χ2n) is 7.04. The molecule has 0 aromatic heterocycles. The van der Waals surface area contributed by atoms with Gasteiger partial charge in [-0.1, -0.05) is 19.3 Å². The summed E-state index contributed by atoms with van der Waals surface area (Å²) >= 11 is 0. The molecule has 1 N–H and O–H groups in total. The molecule has 1 amide bonds. The summed E-state index contributed by atoms with van der Waals surface area (Å²) in [5.41, 5.74) is 1.79. The van der Waals surface area contributed by atoms with E-state index in [0.717, 1.165) is 37.1 Å². The number of rotatable bonds is 4. The molecule has 132 valence electrons. The number of sulfone groups is 1. The molecule has 1 aliphatic heterocycles. The van der Waals surface area contributed by atoms with E-state index in [9.17, 15) is 13.2 Å². The number of amides is 1. The third kappa shape index (κ3) is 4.09. The van der Waals surface area contributed by atoms with Crippen molar-refractivity contribution in [3.8, 4) is 0 Å².